The van der Waals surface area contributed by atoms with Gasteiger partial charge in [-0.2, -0.15) is 0 Å². The molecule has 16 heavy (non-hydrogen) atoms. The Morgan fingerprint density at radius 2 is 2.19 bits per heavy atom. The van der Waals surface area contributed by atoms with E-state index in [0.717, 1.165) is 0 Å². The van der Waals surface area contributed by atoms with E-state index < -0.39 is 4.92 Å². The van der Waals surface area contributed by atoms with Crippen LogP contribution in [0, 0.1) is 17.0 Å². The first kappa shape index (κ1) is 12.6. The lowest BCUT2D eigenvalue weighted by Gasteiger charge is -2.05. The van der Waals surface area contributed by atoms with Crippen molar-refractivity contribution < 1.29 is 14.5 Å². The second kappa shape index (κ2) is 5.05. The number of hydrogen-bond donors (Lipinski definition) is 0. The number of benzene rings is 1. The van der Waals surface area contributed by atoms with E-state index in [1.165, 1.54) is 19.2 Å². The summed E-state index contributed by atoms with van der Waals surface area (Å²) in [6.45, 7) is 1.55. The zero-order valence-electron chi connectivity index (χ0n) is 8.82. The summed E-state index contributed by atoms with van der Waals surface area (Å²) in [5.41, 5.74) is 0.585. The van der Waals surface area contributed by atoms with Crippen LogP contribution >= 0.6 is 11.6 Å². The molecule has 6 heteroatoms. The van der Waals surface area contributed by atoms with Gasteiger partial charge in [-0.25, -0.2) is 0 Å². The molecule has 0 heterocycles. The van der Waals surface area contributed by atoms with Gasteiger partial charge in [-0.1, -0.05) is 11.6 Å². The molecule has 0 saturated carbocycles. The van der Waals surface area contributed by atoms with Gasteiger partial charge in [0.25, 0.3) is 5.69 Å². The Morgan fingerprint density at radius 1 is 1.56 bits per heavy atom. The minimum absolute atomic E-state index is 0.0245. The number of methoxy groups -OCH3 is 1. The molecule has 0 bridgehead atoms. The van der Waals surface area contributed by atoms with Crippen molar-refractivity contribution in [1.82, 2.24) is 0 Å². The highest BCUT2D eigenvalue weighted by atomic mass is 35.5. The van der Waals surface area contributed by atoms with Crippen molar-refractivity contribution in [3.8, 4) is 0 Å². The Kier molecular flexibility index (Phi) is 3.98. The van der Waals surface area contributed by atoms with Crippen LogP contribution in [0.15, 0.2) is 12.1 Å². The number of nitrogens with zero attached hydrogens (tertiary/aromatic N) is 1. The minimum Gasteiger partial charge on any atom is -0.377 e. The Balaban J connectivity index is 3.24. The molecule has 1 aromatic carbocycles. The number of Topliss-reactive ketones (excluding diaryl/α,β-unsaturated/α-hetero) is 1. The summed E-state index contributed by atoms with van der Waals surface area (Å²) in [5.74, 6) is -0.306. The van der Waals surface area contributed by atoms with E-state index in [-0.39, 0.29) is 28.7 Å². The molecule has 0 aliphatic carbocycles. The fourth-order valence-electron chi connectivity index (χ4n) is 1.31. The van der Waals surface area contributed by atoms with Crippen LogP contribution in [0.25, 0.3) is 0 Å². The second-order valence-corrected chi connectivity index (χ2v) is 3.64. The summed E-state index contributed by atoms with van der Waals surface area (Å²) < 4.78 is 4.69. The van der Waals surface area contributed by atoms with Gasteiger partial charge in [-0.3, -0.25) is 14.9 Å². The second-order valence-electron chi connectivity index (χ2n) is 3.23. The molecule has 86 valence electrons. The van der Waals surface area contributed by atoms with E-state index in [9.17, 15) is 14.9 Å². The van der Waals surface area contributed by atoms with Crippen molar-refractivity contribution in [2.45, 2.75) is 6.92 Å². The van der Waals surface area contributed by atoms with Gasteiger partial charge in [-0.15, -0.1) is 0 Å². The number of rotatable bonds is 4. The Labute approximate surface area is 97.1 Å². The first-order chi connectivity index (χ1) is 7.47. The first-order valence-corrected chi connectivity index (χ1v) is 4.82. The van der Waals surface area contributed by atoms with Gasteiger partial charge < -0.3 is 4.74 Å². The molecule has 0 aliphatic rings. The molecule has 0 radical (unpaired) electrons. The summed E-state index contributed by atoms with van der Waals surface area (Å²) in [6, 6.07) is 2.58. The average molecular weight is 244 g/mol. The molecule has 0 atom stereocenters. The molecule has 0 amide bonds. The van der Waals surface area contributed by atoms with Crippen molar-refractivity contribution >= 4 is 23.1 Å². The van der Waals surface area contributed by atoms with Gasteiger partial charge in [0.2, 0.25) is 0 Å². The predicted octanol–water partition coefficient (Wildman–Crippen LogP) is 2.39. The van der Waals surface area contributed by atoms with Crippen LogP contribution in [-0.4, -0.2) is 24.4 Å². The average Bonchev–Trinajstić information content (AvgIpc) is 2.17. The number of hydrogen-bond acceptors (Lipinski definition) is 4. The largest absolute Gasteiger partial charge is 0.377 e. The summed E-state index contributed by atoms with van der Waals surface area (Å²) >= 11 is 5.69. The maximum absolute atomic E-state index is 11.6. The Bertz CT molecular complexity index is 445. The maximum Gasteiger partial charge on any atom is 0.288 e. The van der Waals surface area contributed by atoms with Crippen LogP contribution in [0.4, 0.5) is 5.69 Å². The van der Waals surface area contributed by atoms with Gasteiger partial charge in [-0.05, 0) is 18.6 Å². The van der Waals surface area contributed by atoms with Crippen LogP contribution in [0.2, 0.25) is 5.02 Å². The zero-order chi connectivity index (χ0) is 12.3. The van der Waals surface area contributed by atoms with E-state index in [1.807, 2.05) is 0 Å². The van der Waals surface area contributed by atoms with Crippen LogP contribution in [-0.2, 0) is 4.74 Å². The first-order valence-electron chi connectivity index (χ1n) is 4.44. The van der Waals surface area contributed by atoms with Crippen molar-refractivity contribution in [2.75, 3.05) is 13.7 Å². The predicted molar refractivity (Wildman–Crippen MR) is 59.0 cm³/mol. The van der Waals surface area contributed by atoms with Crippen molar-refractivity contribution in [3.05, 3.63) is 38.4 Å². The molecule has 0 unspecified atom stereocenters. The number of carbonyl (C=O) groups excluding carboxylic acids is 1. The van der Waals surface area contributed by atoms with Gasteiger partial charge in [0.05, 0.1) is 4.92 Å². The van der Waals surface area contributed by atoms with E-state index in [4.69, 9.17) is 16.3 Å². The number of nitro groups is 1. The van der Waals surface area contributed by atoms with Crippen molar-refractivity contribution in [3.63, 3.8) is 0 Å². The molecule has 1 aromatic rings. The van der Waals surface area contributed by atoms with Crippen LogP contribution in [0.1, 0.15) is 15.9 Å². The molecule has 0 aliphatic heterocycles. The Morgan fingerprint density at radius 3 is 2.69 bits per heavy atom. The number of ketones is 1. The molecule has 0 spiro atoms. The Hall–Kier alpha value is -1.46. The molecule has 0 aromatic heterocycles. The van der Waals surface area contributed by atoms with E-state index in [0.29, 0.717) is 5.56 Å². The number of nitro benzene ring substituents is 1. The lowest BCUT2D eigenvalue weighted by atomic mass is 10.0. The lowest BCUT2D eigenvalue weighted by molar-refractivity contribution is -0.384. The van der Waals surface area contributed by atoms with Gasteiger partial charge >= 0.3 is 0 Å². The zero-order valence-corrected chi connectivity index (χ0v) is 9.58. The normalized spacial score (nSPS) is 10.2. The monoisotopic (exact) mass is 243 g/mol. The smallest absolute Gasteiger partial charge is 0.288 e. The van der Waals surface area contributed by atoms with Crippen molar-refractivity contribution in [1.29, 1.82) is 0 Å². The third-order valence-electron chi connectivity index (χ3n) is 2.07. The minimum atomic E-state index is -0.620. The summed E-state index contributed by atoms with van der Waals surface area (Å²) in [5, 5.41) is 10.7. The maximum atomic E-state index is 11.6. The van der Waals surface area contributed by atoms with E-state index in [2.05, 4.69) is 0 Å². The summed E-state index contributed by atoms with van der Waals surface area (Å²) in [4.78, 5) is 21.6. The third-order valence-corrected chi connectivity index (χ3v) is 2.37. The van der Waals surface area contributed by atoms with Crippen LogP contribution < -0.4 is 0 Å². The van der Waals surface area contributed by atoms with Crippen molar-refractivity contribution in [2.24, 2.45) is 0 Å². The highest BCUT2D eigenvalue weighted by Gasteiger charge is 2.18. The fraction of sp³-hybridized carbons (Fsp3) is 0.300. The lowest BCUT2D eigenvalue weighted by Crippen LogP contribution is -2.09. The highest BCUT2D eigenvalue weighted by Crippen LogP contribution is 2.27. The third kappa shape index (κ3) is 2.56. The highest BCUT2D eigenvalue weighted by molar-refractivity contribution is 6.32. The molecule has 5 nitrogen and oxygen atoms in total. The van der Waals surface area contributed by atoms with Gasteiger partial charge in [0, 0.05) is 18.7 Å². The topological polar surface area (TPSA) is 69.4 Å². The standard InChI is InChI=1S/C10H10ClNO4/c1-6-3-8(11)9(12(14)15)4-7(6)10(13)5-16-2/h3-4H,5H2,1-2H3. The molecular formula is C10H10ClNO4. The van der Waals surface area contributed by atoms with Gasteiger partial charge in [0.1, 0.15) is 11.6 Å². The number of ether oxygens (including phenoxy) is 1. The van der Waals surface area contributed by atoms with Crippen LogP contribution in [0.5, 0.6) is 0 Å². The van der Waals surface area contributed by atoms with E-state index in [1.54, 1.807) is 6.92 Å². The van der Waals surface area contributed by atoms with E-state index >= 15 is 0 Å². The molecular weight excluding hydrogens is 234 g/mol. The number of aryl methyl sites for hydroxylation is 1. The number of carbonyl (C=O) groups is 1. The summed E-state index contributed by atoms with van der Waals surface area (Å²) in [7, 11) is 1.39. The number of halogens is 1. The van der Waals surface area contributed by atoms with Crippen LogP contribution in [0.3, 0.4) is 0 Å². The van der Waals surface area contributed by atoms with Gasteiger partial charge in [0.15, 0.2) is 5.78 Å². The molecule has 1 rings (SSSR count). The summed E-state index contributed by atoms with van der Waals surface area (Å²) in [6.07, 6.45) is 0. The molecule has 0 saturated heterocycles. The fourth-order valence-corrected chi connectivity index (χ4v) is 1.60. The SMILES string of the molecule is COCC(=O)c1cc([N+](=O)[O-])c(Cl)cc1C. The molecule has 0 fully saturated rings. The molecule has 0 N–H and O–H groups in total. The quantitative estimate of drug-likeness (QED) is 0.463.